The molecule has 2 aromatic rings. The van der Waals surface area contributed by atoms with Crippen LogP contribution in [0.15, 0.2) is 64.5 Å². The van der Waals surface area contributed by atoms with Gasteiger partial charge in [-0.1, -0.05) is 55.0 Å². The fourth-order valence-electron chi connectivity index (χ4n) is 2.97. The number of hydrogen-bond acceptors (Lipinski definition) is 5. The summed E-state index contributed by atoms with van der Waals surface area (Å²) in [6.45, 7) is 3.89. The molecule has 2 atom stereocenters. The topological polar surface area (TPSA) is 110 Å². The molecule has 0 fully saturated rings. The number of rotatable bonds is 4. The molecule has 1 heterocycles. The van der Waals surface area contributed by atoms with Crippen LogP contribution in [-0.2, 0) is 10.1 Å². The van der Waals surface area contributed by atoms with E-state index in [-0.39, 0.29) is 15.9 Å². The van der Waals surface area contributed by atoms with Crippen LogP contribution in [0, 0.1) is 17.0 Å². The fraction of sp³-hybridized carbons (Fsp3) is 0.350. The minimum absolute atomic E-state index is 0.0666. The van der Waals surface area contributed by atoms with E-state index in [0.717, 1.165) is 29.7 Å². The van der Waals surface area contributed by atoms with Gasteiger partial charge in [0.15, 0.2) is 0 Å². The van der Waals surface area contributed by atoms with Gasteiger partial charge in [-0.3, -0.25) is 19.7 Å². The largest absolute Gasteiger partial charge is 0.294 e. The summed E-state index contributed by atoms with van der Waals surface area (Å²) in [7, 11) is -4.02. The highest BCUT2D eigenvalue weighted by molar-refractivity contribution is 7.85. The van der Waals surface area contributed by atoms with E-state index in [1.165, 1.54) is 12.1 Å². The Kier molecular flexibility index (Phi) is 7.42. The molecule has 150 valence electrons. The predicted octanol–water partition coefficient (Wildman–Crippen LogP) is 4.26. The molecule has 28 heavy (non-hydrogen) atoms. The van der Waals surface area contributed by atoms with Gasteiger partial charge in [0.05, 0.1) is 4.90 Å². The molecule has 0 unspecified atom stereocenters. The van der Waals surface area contributed by atoms with Crippen molar-refractivity contribution in [2.45, 2.75) is 50.1 Å². The minimum Gasteiger partial charge on any atom is -0.282 e. The van der Waals surface area contributed by atoms with E-state index in [0.29, 0.717) is 6.42 Å². The van der Waals surface area contributed by atoms with Crippen molar-refractivity contribution in [3.05, 3.63) is 75.8 Å². The van der Waals surface area contributed by atoms with Crippen LogP contribution in [0.3, 0.4) is 0 Å². The quantitative estimate of drug-likeness (QED) is 0.465. The second-order valence-corrected chi connectivity index (χ2v) is 8.01. The number of nitro groups is 1. The van der Waals surface area contributed by atoms with Gasteiger partial charge >= 0.3 is 0 Å². The Morgan fingerprint density at radius 2 is 1.75 bits per heavy atom. The van der Waals surface area contributed by atoms with Gasteiger partial charge < -0.3 is 0 Å². The third-order valence-corrected chi connectivity index (χ3v) is 5.42. The van der Waals surface area contributed by atoms with Crippen molar-refractivity contribution in [3.8, 4) is 0 Å². The first-order valence-corrected chi connectivity index (χ1v) is 10.4. The lowest BCUT2D eigenvalue weighted by Gasteiger charge is -2.23. The van der Waals surface area contributed by atoms with E-state index >= 15 is 0 Å². The molecule has 3 rings (SSSR count). The molecule has 1 N–H and O–H groups in total. The van der Waals surface area contributed by atoms with E-state index in [4.69, 9.17) is 4.55 Å². The SMILES string of the molecule is CCC1=N[C@@H](c2ccccc2)[C@H]([N+](=O)[O-])CC1.Cc1ccc(S(=O)(=O)O)cc1. The zero-order chi connectivity index (χ0) is 20.7. The lowest BCUT2D eigenvalue weighted by molar-refractivity contribution is -0.528. The van der Waals surface area contributed by atoms with Crippen LogP contribution in [0.25, 0.3) is 0 Å². The first-order chi connectivity index (χ1) is 13.2. The smallest absolute Gasteiger partial charge is 0.282 e. The summed E-state index contributed by atoms with van der Waals surface area (Å²) in [4.78, 5) is 15.4. The minimum atomic E-state index is -4.02. The Bertz CT molecular complexity index is 925. The predicted molar refractivity (Wildman–Crippen MR) is 108 cm³/mol. The summed E-state index contributed by atoms with van der Waals surface area (Å²) in [5.41, 5.74) is 2.99. The molecular formula is C20H24N2O5S. The highest BCUT2D eigenvalue weighted by Crippen LogP contribution is 2.30. The van der Waals surface area contributed by atoms with Crippen molar-refractivity contribution in [2.24, 2.45) is 4.99 Å². The van der Waals surface area contributed by atoms with Gasteiger partial charge in [0, 0.05) is 17.1 Å². The van der Waals surface area contributed by atoms with E-state index in [1.807, 2.05) is 44.2 Å². The van der Waals surface area contributed by atoms with E-state index in [2.05, 4.69) is 4.99 Å². The maximum absolute atomic E-state index is 11.1. The number of benzene rings is 2. The summed E-state index contributed by atoms with van der Waals surface area (Å²) in [5.74, 6) is 0. The fourth-order valence-corrected chi connectivity index (χ4v) is 3.45. The third kappa shape index (κ3) is 5.97. The first kappa shape index (κ1) is 21.7. The summed E-state index contributed by atoms with van der Waals surface area (Å²) in [6.07, 6.45) is 2.23. The summed E-state index contributed by atoms with van der Waals surface area (Å²) >= 11 is 0. The Balaban J connectivity index is 0.000000221. The van der Waals surface area contributed by atoms with Crippen LogP contribution in [0.4, 0.5) is 0 Å². The third-order valence-electron chi connectivity index (χ3n) is 4.55. The Labute approximate surface area is 165 Å². The van der Waals surface area contributed by atoms with Crippen LogP contribution >= 0.6 is 0 Å². The van der Waals surface area contributed by atoms with Crippen molar-refractivity contribution in [1.29, 1.82) is 0 Å². The summed E-state index contributed by atoms with van der Waals surface area (Å²) in [6, 6.07) is 14.7. The van der Waals surface area contributed by atoms with E-state index < -0.39 is 16.2 Å². The molecule has 1 aliphatic rings. The van der Waals surface area contributed by atoms with Crippen molar-refractivity contribution in [3.63, 3.8) is 0 Å². The Morgan fingerprint density at radius 3 is 2.25 bits per heavy atom. The first-order valence-electron chi connectivity index (χ1n) is 9.00. The van der Waals surface area contributed by atoms with Crippen LogP contribution in [0.5, 0.6) is 0 Å². The lowest BCUT2D eigenvalue weighted by atomic mass is 9.91. The molecule has 1 aliphatic heterocycles. The molecule has 7 nitrogen and oxygen atoms in total. The van der Waals surface area contributed by atoms with Crippen LogP contribution in [0.1, 0.15) is 43.4 Å². The molecule has 0 spiro atoms. The molecule has 0 radical (unpaired) electrons. The number of nitrogens with zero attached hydrogens (tertiary/aromatic N) is 2. The van der Waals surface area contributed by atoms with Gasteiger partial charge in [-0.15, -0.1) is 0 Å². The van der Waals surface area contributed by atoms with Crippen LogP contribution in [0.2, 0.25) is 0 Å². The molecule has 0 amide bonds. The zero-order valence-electron chi connectivity index (χ0n) is 15.9. The van der Waals surface area contributed by atoms with E-state index in [9.17, 15) is 18.5 Å². The highest BCUT2D eigenvalue weighted by atomic mass is 32.2. The molecule has 0 bridgehead atoms. The molecule has 8 heteroatoms. The average molecular weight is 404 g/mol. The highest BCUT2D eigenvalue weighted by Gasteiger charge is 2.35. The number of aryl methyl sites for hydroxylation is 1. The maximum Gasteiger partial charge on any atom is 0.294 e. The average Bonchev–Trinajstić information content (AvgIpc) is 2.68. The van der Waals surface area contributed by atoms with Gasteiger partial charge in [0.1, 0.15) is 6.04 Å². The van der Waals surface area contributed by atoms with Gasteiger partial charge in [0.2, 0.25) is 6.04 Å². The molecule has 0 aliphatic carbocycles. The van der Waals surface area contributed by atoms with Gasteiger partial charge in [-0.25, -0.2) is 0 Å². The molecule has 0 saturated carbocycles. The molecular weight excluding hydrogens is 380 g/mol. The van der Waals surface area contributed by atoms with E-state index in [1.54, 1.807) is 12.1 Å². The van der Waals surface area contributed by atoms with Crippen LogP contribution < -0.4 is 0 Å². The Hall–Kier alpha value is -2.58. The number of hydrogen-bond donors (Lipinski definition) is 1. The molecule has 2 aromatic carbocycles. The molecule has 0 saturated heterocycles. The second-order valence-electron chi connectivity index (χ2n) is 6.58. The van der Waals surface area contributed by atoms with Crippen molar-refractivity contribution in [1.82, 2.24) is 0 Å². The van der Waals surface area contributed by atoms with Crippen molar-refractivity contribution < 1.29 is 17.9 Å². The van der Waals surface area contributed by atoms with Crippen LogP contribution in [-0.4, -0.2) is 29.6 Å². The van der Waals surface area contributed by atoms with Gasteiger partial charge in [-0.05, 0) is 37.5 Å². The van der Waals surface area contributed by atoms with Gasteiger partial charge in [0.25, 0.3) is 10.1 Å². The van der Waals surface area contributed by atoms with Crippen molar-refractivity contribution >= 4 is 15.8 Å². The number of aliphatic imine (C=N–C) groups is 1. The summed E-state index contributed by atoms with van der Waals surface area (Å²) in [5, 5.41) is 11.1. The standard InChI is InChI=1S/C13H16N2O2.C7H8O3S/c1-2-11-8-9-12(15(16)17)13(14-11)10-6-4-3-5-7-10;1-6-2-4-7(5-3-6)11(8,9)10/h3-7,12-13H,2,8-9H2,1H3;2-5H,1H3,(H,8,9,10)/t12-,13+;/m1./s1. The molecule has 0 aromatic heterocycles. The maximum atomic E-state index is 11.1. The second kappa shape index (κ2) is 9.57. The lowest BCUT2D eigenvalue weighted by Crippen LogP contribution is -2.31. The normalized spacial score (nSPS) is 19.2. The summed E-state index contributed by atoms with van der Waals surface area (Å²) < 4.78 is 29.6. The monoisotopic (exact) mass is 404 g/mol. The zero-order valence-corrected chi connectivity index (χ0v) is 16.7. The van der Waals surface area contributed by atoms with Gasteiger partial charge in [-0.2, -0.15) is 8.42 Å². The Morgan fingerprint density at radius 1 is 1.14 bits per heavy atom. The van der Waals surface area contributed by atoms with Crippen molar-refractivity contribution in [2.75, 3.05) is 0 Å².